The maximum Gasteiger partial charge on any atom is 0.322 e. The summed E-state index contributed by atoms with van der Waals surface area (Å²) in [5, 5.41) is 2.84. The van der Waals surface area contributed by atoms with Crippen LogP contribution < -0.4 is 14.8 Å². The number of amides is 1. The molecule has 0 radical (unpaired) electrons. The Morgan fingerprint density at radius 1 is 1.00 bits per heavy atom. The van der Waals surface area contributed by atoms with E-state index in [0.29, 0.717) is 17.4 Å². The van der Waals surface area contributed by atoms with Crippen molar-refractivity contribution in [2.24, 2.45) is 0 Å². The van der Waals surface area contributed by atoms with Gasteiger partial charge < -0.3 is 14.8 Å². The van der Waals surface area contributed by atoms with Crippen molar-refractivity contribution in [2.75, 3.05) is 11.9 Å². The molecule has 1 amide bonds. The summed E-state index contributed by atoms with van der Waals surface area (Å²) in [6.07, 6.45) is 0. The molecule has 0 saturated carbocycles. The van der Waals surface area contributed by atoms with Crippen molar-refractivity contribution in [2.45, 2.75) is 40.5 Å². The molecule has 6 nitrogen and oxygen atoms in total. The van der Waals surface area contributed by atoms with E-state index in [-0.39, 0.29) is 18.5 Å². The van der Waals surface area contributed by atoms with Crippen molar-refractivity contribution in [1.29, 1.82) is 0 Å². The van der Waals surface area contributed by atoms with Gasteiger partial charge in [-0.2, -0.15) is 0 Å². The van der Waals surface area contributed by atoms with Gasteiger partial charge in [-0.15, -0.1) is 0 Å². The molecular weight excluding hydrogens is 378 g/mol. The number of hydrogen-bond acceptors (Lipinski definition) is 5. The molecule has 3 rings (SSSR count). The third kappa shape index (κ3) is 5.80. The predicted molar refractivity (Wildman–Crippen MR) is 117 cm³/mol. The van der Waals surface area contributed by atoms with E-state index in [0.717, 1.165) is 28.3 Å². The minimum atomic E-state index is -0.244. The Kier molecular flexibility index (Phi) is 6.67. The Bertz CT molecular complexity index is 1030. The number of benzene rings is 2. The van der Waals surface area contributed by atoms with E-state index >= 15 is 0 Å². The first kappa shape index (κ1) is 21.3. The lowest BCUT2D eigenvalue weighted by Gasteiger charge is -2.15. The molecule has 0 aliphatic carbocycles. The van der Waals surface area contributed by atoms with Crippen molar-refractivity contribution in [3.63, 3.8) is 0 Å². The molecule has 0 unspecified atom stereocenters. The molecule has 0 atom stereocenters. The first-order valence-electron chi connectivity index (χ1n) is 9.93. The van der Waals surface area contributed by atoms with Crippen molar-refractivity contribution in [3.8, 4) is 17.5 Å². The van der Waals surface area contributed by atoms with Gasteiger partial charge in [-0.3, -0.25) is 4.79 Å². The summed E-state index contributed by atoms with van der Waals surface area (Å²) in [5.41, 5.74) is 4.44. The SMILES string of the molecule is Cc1ccc(C(C)C)c(OCC(=O)Nc2cccc(Oc3nc(C)cc(C)n3)c2)c1. The quantitative estimate of drug-likeness (QED) is 0.575. The Morgan fingerprint density at radius 3 is 2.43 bits per heavy atom. The van der Waals surface area contributed by atoms with Crippen molar-refractivity contribution < 1.29 is 14.3 Å². The van der Waals surface area contributed by atoms with E-state index < -0.39 is 0 Å². The molecule has 30 heavy (non-hydrogen) atoms. The minimum absolute atomic E-state index is 0.0750. The molecule has 0 saturated heterocycles. The van der Waals surface area contributed by atoms with Gasteiger partial charge in [-0.1, -0.05) is 32.0 Å². The van der Waals surface area contributed by atoms with Crippen molar-refractivity contribution in [3.05, 3.63) is 71.0 Å². The van der Waals surface area contributed by atoms with Crippen LogP contribution in [0.4, 0.5) is 5.69 Å². The maximum absolute atomic E-state index is 12.4. The van der Waals surface area contributed by atoms with E-state index in [1.54, 1.807) is 24.3 Å². The molecule has 0 aliphatic rings. The highest BCUT2D eigenvalue weighted by Crippen LogP contribution is 2.27. The van der Waals surface area contributed by atoms with Gasteiger partial charge in [0.05, 0.1) is 0 Å². The van der Waals surface area contributed by atoms with Crippen LogP contribution in [0, 0.1) is 20.8 Å². The van der Waals surface area contributed by atoms with Crippen molar-refractivity contribution >= 4 is 11.6 Å². The second-order valence-electron chi connectivity index (χ2n) is 7.60. The van der Waals surface area contributed by atoms with Crippen LogP contribution in [0.3, 0.4) is 0 Å². The highest BCUT2D eigenvalue weighted by Gasteiger charge is 2.11. The summed E-state index contributed by atoms with van der Waals surface area (Å²) < 4.78 is 11.5. The minimum Gasteiger partial charge on any atom is -0.483 e. The molecule has 0 spiro atoms. The fourth-order valence-corrected chi connectivity index (χ4v) is 3.07. The van der Waals surface area contributed by atoms with E-state index in [1.165, 1.54) is 0 Å². The van der Waals surface area contributed by atoms with Crippen LogP contribution in [0.5, 0.6) is 17.5 Å². The number of hydrogen-bond donors (Lipinski definition) is 1. The number of rotatable bonds is 7. The third-order valence-corrected chi connectivity index (χ3v) is 4.44. The zero-order chi connectivity index (χ0) is 21.7. The largest absolute Gasteiger partial charge is 0.483 e. The van der Waals surface area contributed by atoms with Crippen LogP contribution in [0.1, 0.15) is 42.3 Å². The lowest BCUT2D eigenvalue weighted by molar-refractivity contribution is -0.118. The molecule has 0 aliphatic heterocycles. The molecule has 6 heteroatoms. The Hall–Kier alpha value is -3.41. The maximum atomic E-state index is 12.4. The average molecular weight is 405 g/mol. The number of aromatic nitrogens is 2. The zero-order valence-electron chi connectivity index (χ0n) is 18.0. The molecule has 1 N–H and O–H groups in total. The topological polar surface area (TPSA) is 73.3 Å². The molecule has 1 heterocycles. The molecule has 3 aromatic rings. The van der Waals surface area contributed by atoms with Crippen LogP contribution in [-0.4, -0.2) is 22.5 Å². The third-order valence-electron chi connectivity index (χ3n) is 4.44. The van der Waals surface area contributed by atoms with Gasteiger partial charge in [0.25, 0.3) is 5.91 Å². The summed E-state index contributed by atoms with van der Waals surface area (Å²) in [5.74, 6) is 1.35. The van der Waals surface area contributed by atoms with Gasteiger partial charge in [0.2, 0.25) is 0 Å². The Morgan fingerprint density at radius 2 is 1.73 bits per heavy atom. The summed E-state index contributed by atoms with van der Waals surface area (Å²) in [7, 11) is 0. The van der Waals surface area contributed by atoms with Crippen LogP contribution in [-0.2, 0) is 4.79 Å². The number of ether oxygens (including phenoxy) is 2. The van der Waals surface area contributed by atoms with Crippen LogP contribution >= 0.6 is 0 Å². The predicted octanol–water partition coefficient (Wildman–Crippen LogP) is 5.34. The number of carbonyl (C=O) groups is 1. The first-order chi connectivity index (χ1) is 14.3. The molecule has 2 aromatic carbocycles. The summed E-state index contributed by atoms with van der Waals surface area (Å²) in [6.45, 7) is 9.90. The van der Waals surface area contributed by atoms with Crippen LogP contribution in [0.2, 0.25) is 0 Å². The van der Waals surface area contributed by atoms with Crippen molar-refractivity contribution in [1.82, 2.24) is 9.97 Å². The number of nitrogens with zero attached hydrogens (tertiary/aromatic N) is 2. The fraction of sp³-hybridized carbons (Fsp3) is 0.292. The average Bonchev–Trinajstić information content (AvgIpc) is 2.65. The molecule has 0 fully saturated rings. The first-order valence-corrected chi connectivity index (χ1v) is 9.93. The second-order valence-corrected chi connectivity index (χ2v) is 7.60. The molecule has 156 valence electrons. The summed E-state index contributed by atoms with van der Waals surface area (Å²) in [6, 6.07) is 15.3. The van der Waals surface area contributed by atoms with Gasteiger partial charge in [-0.05, 0) is 62.1 Å². The van der Waals surface area contributed by atoms with Crippen LogP contribution in [0.15, 0.2) is 48.5 Å². The monoisotopic (exact) mass is 405 g/mol. The molecule has 1 aromatic heterocycles. The van der Waals surface area contributed by atoms with E-state index in [2.05, 4.69) is 29.1 Å². The number of carbonyl (C=O) groups excluding carboxylic acids is 1. The highest BCUT2D eigenvalue weighted by molar-refractivity contribution is 5.92. The van der Waals surface area contributed by atoms with Gasteiger partial charge in [0.1, 0.15) is 11.5 Å². The lowest BCUT2D eigenvalue weighted by atomic mass is 10.0. The fourth-order valence-electron chi connectivity index (χ4n) is 3.07. The zero-order valence-corrected chi connectivity index (χ0v) is 18.0. The van der Waals surface area contributed by atoms with Gasteiger partial charge in [0.15, 0.2) is 6.61 Å². The lowest BCUT2D eigenvalue weighted by Crippen LogP contribution is -2.20. The van der Waals surface area contributed by atoms with E-state index in [1.807, 2.05) is 45.0 Å². The normalized spacial score (nSPS) is 10.7. The number of anilines is 1. The smallest absolute Gasteiger partial charge is 0.322 e. The number of nitrogens with one attached hydrogen (secondary N) is 1. The number of aryl methyl sites for hydroxylation is 3. The molecular formula is C24H27N3O3. The summed E-state index contributed by atoms with van der Waals surface area (Å²) >= 11 is 0. The van der Waals surface area contributed by atoms with Crippen LogP contribution in [0.25, 0.3) is 0 Å². The van der Waals surface area contributed by atoms with Gasteiger partial charge in [-0.25, -0.2) is 9.97 Å². The Labute approximate surface area is 177 Å². The van der Waals surface area contributed by atoms with Gasteiger partial charge >= 0.3 is 6.01 Å². The van der Waals surface area contributed by atoms with E-state index in [4.69, 9.17) is 9.47 Å². The molecule has 0 bridgehead atoms. The standard InChI is InChI=1S/C24H27N3O3/c1-15(2)21-10-9-16(3)11-22(21)29-14-23(28)27-19-7-6-8-20(13-19)30-24-25-17(4)12-18(5)26-24/h6-13,15H,14H2,1-5H3,(H,27,28). The van der Waals surface area contributed by atoms with Gasteiger partial charge in [0, 0.05) is 23.1 Å². The second kappa shape index (κ2) is 9.39. The Balaban J connectivity index is 1.64. The summed E-state index contributed by atoms with van der Waals surface area (Å²) in [4.78, 5) is 21.0. The highest BCUT2D eigenvalue weighted by atomic mass is 16.5. The van der Waals surface area contributed by atoms with E-state index in [9.17, 15) is 4.79 Å².